The van der Waals surface area contributed by atoms with Crippen molar-refractivity contribution in [2.45, 2.75) is 50.6 Å². The molecule has 0 radical (unpaired) electrons. The number of hydrogen-bond acceptors (Lipinski definition) is 3. The van der Waals surface area contributed by atoms with Crippen LogP contribution in [-0.2, 0) is 4.79 Å². The predicted octanol–water partition coefficient (Wildman–Crippen LogP) is 1.57. The zero-order valence-electron chi connectivity index (χ0n) is 10.8. The van der Waals surface area contributed by atoms with Gasteiger partial charge in [0.2, 0.25) is 5.91 Å². The fourth-order valence-corrected chi connectivity index (χ4v) is 2.37. The number of carbonyl (C=O) groups is 1. The second kappa shape index (κ2) is 5.96. The van der Waals surface area contributed by atoms with Crippen LogP contribution < -0.4 is 11.1 Å². The first-order valence-corrected chi connectivity index (χ1v) is 6.62. The Morgan fingerprint density at radius 1 is 1.44 bits per heavy atom. The maximum Gasteiger partial charge on any atom is 0.227 e. The van der Waals surface area contributed by atoms with Crippen LogP contribution in [0.3, 0.4) is 0 Å². The van der Waals surface area contributed by atoms with Crippen LogP contribution in [0.4, 0.5) is 0 Å². The average molecular weight is 247 g/mol. The number of nitrogens with zero attached hydrogens (tertiary/aromatic N) is 1. The van der Waals surface area contributed by atoms with E-state index < -0.39 is 0 Å². The third kappa shape index (κ3) is 3.29. The molecule has 0 saturated heterocycles. The van der Waals surface area contributed by atoms with Crippen molar-refractivity contribution >= 4 is 5.91 Å². The summed E-state index contributed by atoms with van der Waals surface area (Å²) in [4.78, 5) is 16.2. The zero-order chi connectivity index (χ0) is 13.0. The molecule has 1 amide bonds. The SMILES string of the molecule is CC(C(=O)NC1CCC(N)CC1)c1cccnc1. The minimum atomic E-state index is -0.144. The first-order valence-electron chi connectivity index (χ1n) is 6.62. The Morgan fingerprint density at radius 3 is 2.78 bits per heavy atom. The van der Waals surface area contributed by atoms with Gasteiger partial charge in [0.25, 0.3) is 0 Å². The number of rotatable bonds is 3. The quantitative estimate of drug-likeness (QED) is 0.852. The Bertz CT molecular complexity index is 385. The topological polar surface area (TPSA) is 68.0 Å². The van der Waals surface area contributed by atoms with E-state index in [1.165, 1.54) is 0 Å². The molecule has 4 nitrogen and oxygen atoms in total. The molecule has 1 fully saturated rings. The molecule has 1 unspecified atom stereocenters. The lowest BCUT2D eigenvalue weighted by molar-refractivity contribution is -0.123. The number of hydrogen-bond donors (Lipinski definition) is 2. The van der Waals surface area contributed by atoms with Gasteiger partial charge in [0.05, 0.1) is 5.92 Å². The highest BCUT2D eigenvalue weighted by atomic mass is 16.1. The molecule has 0 aliphatic heterocycles. The molecule has 0 spiro atoms. The number of nitrogens with one attached hydrogen (secondary N) is 1. The maximum absolute atomic E-state index is 12.1. The minimum Gasteiger partial charge on any atom is -0.353 e. The fraction of sp³-hybridized carbons (Fsp3) is 0.571. The molecule has 1 aliphatic carbocycles. The van der Waals surface area contributed by atoms with Crippen molar-refractivity contribution in [3.05, 3.63) is 30.1 Å². The van der Waals surface area contributed by atoms with Crippen LogP contribution in [0.1, 0.15) is 44.1 Å². The molecule has 2 rings (SSSR count). The molecule has 98 valence electrons. The summed E-state index contributed by atoms with van der Waals surface area (Å²) in [6.45, 7) is 1.92. The van der Waals surface area contributed by atoms with Crippen LogP contribution in [0.15, 0.2) is 24.5 Å². The van der Waals surface area contributed by atoms with Gasteiger partial charge in [-0.3, -0.25) is 9.78 Å². The largest absolute Gasteiger partial charge is 0.353 e. The summed E-state index contributed by atoms with van der Waals surface area (Å²) in [7, 11) is 0. The second-order valence-electron chi connectivity index (χ2n) is 5.13. The highest BCUT2D eigenvalue weighted by Gasteiger charge is 2.22. The van der Waals surface area contributed by atoms with Crippen LogP contribution in [0, 0.1) is 0 Å². The Hall–Kier alpha value is -1.42. The van der Waals surface area contributed by atoms with E-state index in [1.54, 1.807) is 12.4 Å². The van der Waals surface area contributed by atoms with E-state index in [9.17, 15) is 4.79 Å². The van der Waals surface area contributed by atoms with Crippen molar-refractivity contribution in [2.24, 2.45) is 5.73 Å². The summed E-state index contributed by atoms with van der Waals surface area (Å²) in [5.41, 5.74) is 6.82. The third-order valence-corrected chi connectivity index (χ3v) is 3.70. The fourth-order valence-electron chi connectivity index (χ4n) is 2.37. The molecular weight excluding hydrogens is 226 g/mol. The summed E-state index contributed by atoms with van der Waals surface area (Å²) in [5, 5.41) is 3.12. The van der Waals surface area contributed by atoms with E-state index >= 15 is 0 Å². The zero-order valence-corrected chi connectivity index (χ0v) is 10.8. The van der Waals surface area contributed by atoms with E-state index in [0.29, 0.717) is 6.04 Å². The van der Waals surface area contributed by atoms with E-state index in [2.05, 4.69) is 10.3 Å². The predicted molar refractivity (Wildman–Crippen MR) is 71.0 cm³/mol. The molecular formula is C14H21N3O. The van der Waals surface area contributed by atoms with Crippen molar-refractivity contribution < 1.29 is 4.79 Å². The average Bonchev–Trinajstić information content (AvgIpc) is 2.41. The molecule has 1 atom stereocenters. The van der Waals surface area contributed by atoms with Crippen LogP contribution >= 0.6 is 0 Å². The van der Waals surface area contributed by atoms with Crippen LogP contribution in [0.2, 0.25) is 0 Å². The number of nitrogens with two attached hydrogens (primary N) is 1. The van der Waals surface area contributed by atoms with Gasteiger partial charge >= 0.3 is 0 Å². The lowest BCUT2D eigenvalue weighted by atomic mass is 9.91. The molecule has 1 aromatic rings. The molecule has 1 heterocycles. The second-order valence-corrected chi connectivity index (χ2v) is 5.13. The highest BCUT2D eigenvalue weighted by molar-refractivity contribution is 5.83. The first kappa shape index (κ1) is 13.0. The lowest BCUT2D eigenvalue weighted by Crippen LogP contribution is -2.42. The van der Waals surface area contributed by atoms with E-state index in [-0.39, 0.29) is 17.9 Å². The molecule has 3 N–H and O–H groups in total. The van der Waals surface area contributed by atoms with Crippen molar-refractivity contribution in [3.63, 3.8) is 0 Å². The van der Waals surface area contributed by atoms with Gasteiger partial charge in [0, 0.05) is 24.5 Å². The normalized spacial score (nSPS) is 25.4. The number of amides is 1. The minimum absolute atomic E-state index is 0.0865. The van der Waals surface area contributed by atoms with E-state index in [1.807, 2.05) is 19.1 Å². The van der Waals surface area contributed by atoms with Crippen molar-refractivity contribution in [2.75, 3.05) is 0 Å². The smallest absolute Gasteiger partial charge is 0.227 e. The van der Waals surface area contributed by atoms with Gasteiger partial charge < -0.3 is 11.1 Å². The van der Waals surface area contributed by atoms with Gasteiger partial charge in [-0.15, -0.1) is 0 Å². The van der Waals surface area contributed by atoms with Gasteiger partial charge in [-0.25, -0.2) is 0 Å². The summed E-state index contributed by atoms with van der Waals surface area (Å²) < 4.78 is 0. The monoisotopic (exact) mass is 247 g/mol. The Kier molecular flexibility index (Phi) is 4.31. The lowest BCUT2D eigenvalue weighted by Gasteiger charge is -2.27. The summed E-state index contributed by atoms with van der Waals surface area (Å²) in [6.07, 6.45) is 7.47. The van der Waals surface area contributed by atoms with E-state index in [4.69, 9.17) is 5.73 Å². The van der Waals surface area contributed by atoms with Gasteiger partial charge in [-0.2, -0.15) is 0 Å². The third-order valence-electron chi connectivity index (χ3n) is 3.70. The number of carbonyl (C=O) groups excluding carboxylic acids is 1. The van der Waals surface area contributed by atoms with Gasteiger partial charge in [0.1, 0.15) is 0 Å². The molecule has 1 aromatic heterocycles. The van der Waals surface area contributed by atoms with Crippen LogP contribution in [-0.4, -0.2) is 23.0 Å². The van der Waals surface area contributed by atoms with Gasteiger partial charge in [-0.05, 0) is 44.2 Å². The Balaban J connectivity index is 1.88. The van der Waals surface area contributed by atoms with E-state index in [0.717, 1.165) is 31.2 Å². The summed E-state index contributed by atoms with van der Waals surface area (Å²) in [5.74, 6) is -0.0576. The van der Waals surface area contributed by atoms with Crippen molar-refractivity contribution in [1.82, 2.24) is 10.3 Å². The van der Waals surface area contributed by atoms with Crippen LogP contribution in [0.25, 0.3) is 0 Å². The number of aromatic nitrogens is 1. The standard InChI is InChI=1S/C14H21N3O/c1-10(11-3-2-8-16-9-11)14(18)17-13-6-4-12(15)5-7-13/h2-3,8-10,12-13H,4-7,15H2,1H3,(H,17,18). The highest BCUT2D eigenvalue weighted by Crippen LogP contribution is 2.19. The maximum atomic E-state index is 12.1. The molecule has 1 saturated carbocycles. The Morgan fingerprint density at radius 2 is 2.17 bits per heavy atom. The molecule has 18 heavy (non-hydrogen) atoms. The molecule has 0 aromatic carbocycles. The molecule has 4 heteroatoms. The first-order chi connectivity index (χ1) is 8.66. The molecule has 0 bridgehead atoms. The summed E-state index contributed by atoms with van der Waals surface area (Å²) in [6, 6.07) is 4.40. The number of pyridine rings is 1. The van der Waals surface area contributed by atoms with Gasteiger partial charge in [0.15, 0.2) is 0 Å². The van der Waals surface area contributed by atoms with Crippen molar-refractivity contribution in [3.8, 4) is 0 Å². The van der Waals surface area contributed by atoms with Crippen molar-refractivity contribution in [1.29, 1.82) is 0 Å². The summed E-state index contributed by atoms with van der Waals surface area (Å²) >= 11 is 0. The van der Waals surface area contributed by atoms with Crippen LogP contribution in [0.5, 0.6) is 0 Å². The molecule has 1 aliphatic rings. The van der Waals surface area contributed by atoms with Gasteiger partial charge in [-0.1, -0.05) is 6.07 Å². The Labute approximate surface area is 108 Å².